The standard InChI is InChI=1S/C14H22N2O/c1-3-4-5-12-6-8-13(9-7-12)16-14(17)10-11-15-2/h6-9,15H,3-5,10-11H2,1-2H3,(H,16,17). The van der Waals surface area contributed by atoms with Gasteiger partial charge in [-0.1, -0.05) is 25.5 Å². The number of rotatable bonds is 7. The van der Waals surface area contributed by atoms with Crippen LogP contribution in [0.3, 0.4) is 0 Å². The first kappa shape index (κ1) is 13.7. The molecule has 0 atom stereocenters. The minimum atomic E-state index is 0.0562. The van der Waals surface area contributed by atoms with Gasteiger partial charge in [0, 0.05) is 18.7 Å². The maximum atomic E-state index is 11.5. The summed E-state index contributed by atoms with van der Waals surface area (Å²) in [5.74, 6) is 0.0562. The van der Waals surface area contributed by atoms with Gasteiger partial charge in [-0.05, 0) is 37.6 Å². The smallest absolute Gasteiger partial charge is 0.225 e. The molecule has 0 aliphatic heterocycles. The molecule has 0 unspecified atom stereocenters. The highest BCUT2D eigenvalue weighted by Gasteiger charge is 2.01. The molecule has 1 aromatic carbocycles. The number of aryl methyl sites for hydroxylation is 1. The molecular formula is C14H22N2O. The normalized spacial score (nSPS) is 10.2. The minimum Gasteiger partial charge on any atom is -0.326 e. The number of amides is 1. The van der Waals surface area contributed by atoms with Gasteiger partial charge in [-0.15, -0.1) is 0 Å². The molecule has 0 aliphatic carbocycles. The molecule has 3 heteroatoms. The Morgan fingerprint density at radius 3 is 2.53 bits per heavy atom. The van der Waals surface area contributed by atoms with Gasteiger partial charge in [0.15, 0.2) is 0 Å². The maximum Gasteiger partial charge on any atom is 0.225 e. The van der Waals surface area contributed by atoms with Gasteiger partial charge in [0.05, 0.1) is 0 Å². The van der Waals surface area contributed by atoms with E-state index < -0.39 is 0 Å². The highest BCUT2D eigenvalue weighted by molar-refractivity contribution is 5.90. The Balaban J connectivity index is 2.42. The van der Waals surface area contributed by atoms with E-state index in [1.165, 1.54) is 18.4 Å². The fourth-order valence-corrected chi connectivity index (χ4v) is 1.60. The van der Waals surface area contributed by atoms with E-state index in [9.17, 15) is 4.79 Å². The van der Waals surface area contributed by atoms with E-state index >= 15 is 0 Å². The average Bonchev–Trinajstić information content (AvgIpc) is 2.35. The van der Waals surface area contributed by atoms with E-state index in [1.54, 1.807) is 0 Å². The van der Waals surface area contributed by atoms with E-state index in [0.29, 0.717) is 13.0 Å². The van der Waals surface area contributed by atoms with Crippen LogP contribution in [-0.4, -0.2) is 19.5 Å². The van der Waals surface area contributed by atoms with Crippen LogP contribution in [0.1, 0.15) is 31.7 Å². The number of nitrogens with one attached hydrogen (secondary N) is 2. The van der Waals surface area contributed by atoms with Gasteiger partial charge in [0.2, 0.25) is 5.91 Å². The van der Waals surface area contributed by atoms with E-state index in [1.807, 2.05) is 19.2 Å². The molecule has 0 radical (unpaired) electrons. The van der Waals surface area contributed by atoms with Crippen molar-refractivity contribution in [1.29, 1.82) is 0 Å². The highest BCUT2D eigenvalue weighted by atomic mass is 16.1. The van der Waals surface area contributed by atoms with Crippen molar-refractivity contribution in [2.45, 2.75) is 32.6 Å². The summed E-state index contributed by atoms with van der Waals surface area (Å²) in [4.78, 5) is 11.5. The van der Waals surface area contributed by atoms with E-state index in [4.69, 9.17) is 0 Å². The van der Waals surface area contributed by atoms with Crippen molar-refractivity contribution in [1.82, 2.24) is 5.32 Å². The van der Waals surface area contributed by atoms with Gasteiger partial charge < -0.3 is 10.6 Å². The largest absolute Gasteiger partial charge is 0.326 e. The van der Waals surface area contributed by atoms with Crippen LogP contribution < -0.4 is 10.6 Å². The lowest BCUT2D eigenvalue weighted by atomic mass is 10.1. The lowest BCUT2D eigenvalue weighted by molar-refractivity contribution is -0.116. The molecule has 3 nitrogen and oxygen atoms in total. The van der Waals surface area contributed by atoms with Crippen molar-refractivity contribution in [2.75, 3.05) is 18.9 Å². The number of anilines is 1. The Hall–Kier alpha value is -1.35. The van der Waals surface area contributed by atoms with Gasteiger partial charge in [-0.25, -0.2) is 0 Å². The van der Waals surface area contributed by atoms with Gasteiger partial charge in [-0.3, -0.25) is 4.79 Å². The van der Waals surface area contributed by atoms with Gasteiger partial charge in [0.1, 0.15) is 0 Å². The minimum absolute atomic E-state index is 0.0562. The molecule has 0 aliphatic rings. The van der Waals surface area contributed by atoms with E-state index in [2.05, 4.69) is 29.7 Å². The van der Waals surface area contributed by atoms with Crippen molar-refractivity contribution in [2.24, 2.45) is 0 Å². The molecule has 1 amide bonds. The summed E-state index contributed by atoms with van der Waals surface area (Å²) in [5, 5.41) is 5.84. The van der Waals surface area contributed by atoms with Crippen LogP contribution in [-0.2, 0) is 11.2 Å². The number of unbranched alkanes of at least 4 members (excludes halogenated alkanes) is 1. The summed E-state index contributed by atoms with van der Waals surface area (Å²) in [6.07, 6.45) is 4.05. The first-order chi connectivity index (χ1) is 8.26. The molecule has 1 aromatic rings. The van der Waals surface area contributed by atoms with Crippen molar-refractivity contribution < 1.29 is 4.79 Å². The zero-order valence-corrected chi connectivity index (χ0v) is 10.8. The SMILES string of the molecule is CCCCc1ccc(NC(=O)CCNC)cc1. The van der Waals surface area contributed by atoms with E-state index in [-0.39, 0.29) is 5.91 Å². The van der Waals surface area contributed by atoms with Gasteiger partial charge >= 0.3 is 0 Å². The third-order valence-electron chi connectivity index (χ3n) is 2.66. The monoisotopic (exact) mass is 234 g/mol. The van der Waals surface area contributed by atoms with Crippen LogP contribution in [0.4, 0.5) is 5.69 Å². The Morgan fingerprint density at radius 1 is 1.24 bits per heavy atom. The number of carbonyl (C=O) groups excluding carboxylic acids is 1. The second-order valence-electron chi connectivity index (χ2n) is 4.20. The second kappa shape index (κ2) is 7.85. The van der Waals surface area contributed by atoms with Crippen LogP contribution in [0, 0.1) is 0 Å². The topological polar surface area (TPSA) is 41.1 Å². The number of carbonyl (C=O) groups is 1. The molecule has 0 bridgehead atoms. The number of hydrogen-bond donors (Lipinski definition) is 2. The summed E-state index contributed by atoms with van der Waals surface area (Å²) in [6, 6.07) is 8.12. The Labute approximate surface area is 104 Å². The zero-order valence-electron chi connectivity index (χ0n) is 10.8. The quantitative estimate of drug-likeness (QED) is 0.761. The third-order valence-corrected chi connectivity index (χ3v) is 2.66. The molecule has 0 fully saturated rings. The summed E-state index contributed by atoms with van der Waals surface area (Å²) < 4.78 is 0. The van der Waals surface area contributed by atoms with Gasteiger partial charge in [0.25, 0.3) is 0 Å². The fourth-order valence-electron chi connectivity index (χ4n) is 1.60. The molecule has 94 valence electrons. The third kappa shape index (κ3) is 5.50. The molecular weight excluding hydrogens is 212 g/mol. The molecule has 0 aromatic heterocycles. The van der Waals surface area contributed by atoms with Crippen molar-refractivity contribution in [3.63, 3.8) is 0 Å². The van der Waals surface area contributed by atoms with Gasteiger partial charge in [-0.2, -0.15) is 0 Å². The summed E-state index contributed by atoms with van der Waals surface area (Å²) >= 11 is 0. The number of benzene rings is 1. The molecule has 0 heterocycles. The molecule has 0 saturated heterocycles. The number of hydrogen-bond acceptors (Lipinski definition) is 2. The lowest BCUT2D eigenvalue weighted by Gasteiger charge is -2.06. The van der Waals surface area contributed by atoms with E-state index in [0.717, 1.165) is 12.1 Å². The molecule has 2 N–H and O–H groups in total. The summed E-state index contributed by atoms with van der Waals surface area (Å²) in [6.45, 7) is 2.90. The Morgan fingerprint density at radius 2 is 1.94 bits per heavy atom. The Kier molecular flexibility index (Phi) is 6.33. The van der Waals surface area contributed by atoms with Crippen molar-refractivity contribution >= 4 is 11.6 Å². The predicted octanol–water partition coefficient (Wildman–Crippen LogP) is 2.58. The van der Waals surface area contributed by atoms with Crippen LogP contribution in [0.5, 0.6) is 0 Å². The second-order valence-corrected chi connectivity index (χ2v) is 4.20. The van der Waals surface area contributed by atoms with Crippen LogP contribution in [0.2, 0.25) is 0 Å². The summed E-state index contributed by atoms with van der Waals surface area (Å²) in [5.41, 5.74) is 2.21. The highest BCUT2D eigenvalue weighted by Crippen LogP contribution is 2.11. The van der Waals surface area contributed by atoms with Crippen LogP contribution >= 0.6 is 0 Å². The van der Waals surface area contributed by atoms with Crippen molar-refractivity contribution in [3.05, 3.63) is 29.8 Å². The first-order valence-corrected chi connectivity index (χ1v) is 6.29. The molecule has 0 spiro atoms. The molecule has 0 saturated carbocycles. The Bertz CT molecular complexity index is 333. The molecule has 1 rings (SSSR count). The average molecular weight is 234 g/mol. The van der Waals surface area contributed by atoms with Crippen LogP contribution in [0.15, 0.2) is 24.3 Å². The van der Waals surface area contributed by atoms with Crippen molar-refractivity contribution in [3.8, 4) is 0 Å². The fraction of sp³-hybridized carbons (Fsp3) is 0.500. The van der Waals surface area contributed by atoms with Crippen LogP contribution in [0.25, 0.3) is 0 Å². The summed E-state index contributed by atoms with van der Waals surface area (Å²) in [7, 11) is 1.84. The molecule has 17 heavy (non-hydrogen) atoms. The predicted molar refractivity (Wildman–Crippen MR) is 72.2 cm³/mol. The maximum absolute atomic E-state index is 11.5. The first-order valence-electron chi connectivity index (χ1n) is 6.29. The lowest BCUT2D eigenvalue weighted by Crippen LogP contribution is -2.18. The zero-order chi connectivity index (χ0) is 12.5.